The largest absolute Gasteiger partial charge is 0.466 e. The molecule has 1 heterocycles. The van der Waals surface area contributed by atoms with Crippen LogP contribution in [0.4, 0.5) is 5.69 Å². The lowest BCUT2D eigenvalue weighted by Gasteiger charge is -2.16. The molecular formula is C17H20N2O4. The van der Waals surface area contributed by atoms with Crippen LogP contribution in [0.3, 0.4) is 0 Å². The Balaban J connectivity index is 2.13. The number of carbonyl (C=O) groups is 3. The van der Waals surface area contributed by atoms with Crippen LogP contribution in [-0.4, -0.2) is 38.5 Å². The topological polar surface area (TPSA) is 75.7 Å². The van der Waals surface area contributed by atoms with E-state index in [1.165, 1.54) is 19.3 Å². The number of rotatable bonds is 4. The molecule has 0 fully saturated rings. The monoisotopic (exact) mass is 316 g/mol. The number of anilines is 1. The van der Waals surface area contributed by atoms with E-state index < -0.39 is 11.4 Å². The van der Waals surface area contributed by atoms with Crippen molar-refractivity contribution >= 4 is 23.5 Å². The Morgan fingerprint density at radius 2 is 2.04 bits per heavy atom. The predicted molar refractivity (Wildman–Crippen MR) is 86.4 cm³/mol. The van der Waals surface area contributed by atoms with Crippen LogP contribution in [0.5, 0.6) is 0 Å². The lowest BCUT2D eigenvalue weighted by molar-refractivity contribution is -0.134. The summed E-state index contributed by atoms with van der Waals surface area (Å²) in [4.78, 5) is 37.0. The van der Waals surface area contributed by atoms with Gasteiger partial charge in [0, 0.05) is 30.9 Å². The maximum absolute atomic E-state index is 12.2. The summed E-state index contributed by atoms with van der Waals surface area (Å²) >= 11 is 0. The summed E-state index contributed by atoms with van der Waals surface area (Å²) in [6, 6.07) is 5.21. The molecule has 0 bridgehead atoms. The SMILES string of the molecule is COC(=O)/C=C/CNC(=O)c1ccc2c(c1)C(C)(C)C(=O)N2C. The number of carbonyl (C=O) groups excluding carboxylic acids is 3. The third-order valence-corrected chi connectivity index (χ3v) is 3.97. The molecule has 0 saturated heterocycles. The summed E-state index contributed by atoms with van der Waals surface area (Å²) in [6.07, 6.45) is 2.76. The maximum atomic E-state index is 12.2. The molecule has 2 rings (SSSR count). The Bertz CT molecular complexity index is 692. The van der Waals surface area contributed by atoms with E-state index in [0.29, 0.717) is 5.56 Å². The molecule has 0 radical (unpaired) electrons. The zero-order valence-corrected chi connectivity index (χ0v) is 13.7. The molecule has 23 heavy (non-hydrogen) atoms. The Hall–Kier alpha value is -2.63. The number of benzene rings is 1. The number of hydrogen-bond donors (Lipinski definition) is 1. The number of nitrogens with zero attached hydrogens (tertiary/aromatic N) is 1. The molecule has 1 aliphatic rings. The van der Waals surface area contributed by atoms with Gasteiger partial charge in [-0.1, -0.05) is 6.08 Å². The number of fused-ring (bicyclic) bond motifs is 1. The van der Waals surface area contributed by atoms with Crippen LogP contribution in [0.1, 0.15) is 29.8 Å². The highest BCUT2D eigenvalue weighted by molar-refractivity contribution is 6.08. The third kappa shape index (κ3) is 3.11. The first-order chi connectivity index (χ1) is 10.8. The first kappa shape index (κ1) is 16.7. The molecule has 1 aromatic rings. The van der Waals surface area contributed by atoms with Crippen molar-refractivity contribution in [2.45, 2.75) is 19.3 Å². The van der Waals surface area contributed by atoms with Crippen molar-refractivity contribution in [3.63, 3.8) is 0 Å². The lowest BCUT2D eigenvalue weighted by Crippen LogP contribution is -2.33. The molecule has 0 aromatic heterocycles. The molecule has 0 spiro atoms. The molecule has 0 saturated carbocycles. The third-order valence-electron chi connectivity index (χ3n) is 3.97. The molecule has 6 nitrogen and oxygen atoms in total. The Labute approximate surface area is 135 Å². The highest BCUT2D eigenvalue weighted by Gasteiger charge is 2.42. The fraction of sp³-hybridized carbons (Fsp3) is 0.353. The zero-order valence-electron chi connectivity index (χ0n) is 13.7. The summed E-state index contributed by atoms with van der Waals surface area (Å²) in [6.45, 7) is 3.91. The van der Waals surface area contributed by atoms with Crippen LogP contribution in [0, 0.1) is 0 Å². The van der Waals surface area contributed by atoms with E-state index in [9.17, 15) is 14.4 Å². The summed E-state index contributed by atoms with van der Waals surface area (Å²) < 4.78 is 4.46. The molecule has 1 aliphatic heterocycles. The number of esters is 1. The minimum absolute atomic E-state index is 0.00562. The van der Waals surface area contributed by atoms with Crippen LogP contribution in [0.2, 0.25) is 0 Å². The summed E-state index contributed by atoms with van der Waals surface area (Å²) in [7, 11) is 3.02. The van der Waals surface area contributed by atoms with Crippen molar-refractivity contribution in [1.29, 1.82) is 0 Å². The second-order valence-electron chi connectivity index (χ2n) is 5.86. The Morgan fingerprint density at radius 3 is 2.70 bits per heavy atom. The van der Waals surface area contributed by atoms with Gasteiger partial charge in [0.05, 0.1) is 12.5 Å². The van der Waals surface area contributed by atoms with Gasteiger partial charge < -0.3 is 15.0 Å². The number of hydrogen-bond acceptors (Lipinski definition) is 4. The number of methoxy groups -OCH3 is 1. The summed E-state index contributed by atoms with van der Waals surface area (Å²) in [5, 5.41) is 2.69. The van der Waals surface area contributed by atoms with Crippen LogP contribution >= 0.6 is 0 Å². The van der Waals surface area contributed by atoms with Gasteiger partial charge in [-0.3, -0.25) is 9.59 Å². The number of likely N-dealkylation sites (N-methyl/N-ethyl adjacent to an activating group) is 1. The van der Waals surface area contributed by atoms with E-state index >= 15 is 0 Å². The highest BCUT2D eigenvalue weighted by Crippen LogP contribution is 2.40. The second kappa shape index (κ2) is 6.24. The van der Waals surface area contributed by atoms with Crippen LogP contribution in [-0.2, 0) is 19.7 Å². The smallest absolute Gasteiger partial charge is 0.330 e. The fourth-order valence-corrected chi connectivity index (χ4v) is 2.59. The average Bonchev–Trinajstić information content (AvgIpc) is 2.71. The van der Waals surface area contributed by atoms with E-state index in [1.807, 2.05) is 13.8 Å². The van der Waals surface area contributed by atoms with Gasteiger partial charge in [-0.2, -0.15) is 0 Å². The maximum Gasteiger partial charge on any atom is 0.330 e. The van der Waals surface area contributed by atoms with Crippen molar-refractivity contribution in [3.05, 3.63) is 41.5 Å². The quantitative estimate of drug-likeness (QED) is 0.673. The van der Waals surface area contributed by atoms with Gasteiger partial charge in [-0.05, 0) is 37.6 Å². The van der Waals surface area contributed by atoms with E-state index in [2.05, 4.69) is 10.1 Å². The summed E-state index contributed by atoms with van der Waals surface area (Å²) in [5.41, 5.74) is 1.49. The fourth-order valence-electron chi connectivity index (χ4n) is 2.59. The molecule has 1 aromatic carbocycles. The number of nitrogens with one attached hydrogen (secondary N) is 1. The van der Waals surface area contributed by atoms with Gasteiger partial charge in [0.1, 0.15) is 0 Å². The van der Waals surface area contributed by atoms with Gasteiger partial charge >= 0.3 is 5.97 Å². The van der Waals surface area contributed by atoms with E-state index in [1.54, 1.807) is 30.1 Å². The molecule has 2 amide bonds. The van der Waals surface area contributed by atoms with Gasteiger partial charge in [0.15, 0.2) is 0 Å². The molecule has 0 atom stereocenters. The van der Waals surface area contributed by atoms with E-state index in [-0.39, 0.29) is 18.4 Å². The first-order valence-corrected chi connectivity index (χ1v) is 7.24. The molecular weight excluding hydrogens is 296 g/mol. The van der Waals surface area contributed by atoms with Crippen molar-refractivity contribution in [3.8, 4) is 0 Å². The van der Waals surface area contributed by atoms with Gasteiger partial charge in [0.2, 0.25) is 5.91 Å². The molecule has 1 N–H and O–H groups in total. The highest BCUT2D eigenvalue weighted by atomic mass is 16.5. The minimum atomic E-state index is -0.648. The van der Waals surface area contributed by atoms with Crippen LogP contribution in [0.15, 0.2) is 30.4 Å². The van der Waals surface area contributed by atoms with Gasteiger partial charge in [0.25, 0.3) is 5.91 Å². The van der Waals surface area contributed by atoms with Crippen LogP contribution in [0.25, 0.3) is 0 Å². The lowest BCUT2D eigenvalue weighted by atomic mass is 9.85. The second-order valence-corrected chi connectivity index (χ2v) is 5.86. The normalized spacial score (nSPS) is 15.7. The zero-order chi connectivity index (χ0) is 17.2. The molecule has 6 heteroatoms. The molecule has 0 unspecified atom stereocenters. The van der Waals surface area contributed by atoms with Crippen molar-refractivity contribution < 1.29 is 19.1 Å². The van der Waals surface area contributed by atoms with E-state index in [4.69, 9.17) is 0 Å². The standard InChI is InChI=1S/C17H20N2O4/c1-17(2)12-10-11(7-8-13(12)19(3)16(17)22)15(21)18-9-5-6-14(20)23-4/h5-8,10H,9H2,1-4H3,(H,18,21)/b6-5+. The predicted octanol–water partition coefficient (Wildman–Crippen LogP) is 1.40. The van der Waals surface area contributed by atoms with Crippen LogP contribution < -0.4 is 10.2 Å². The number of amides is 2. The van der Waals surface area contributed by atoms with Gasteiger partial charge in [-0.15, -0.1) is 0 Å². The minimum Gasteiger partial charge on any atom is -0.466 e. The van der Waals surface area contributed by atoms with Crippen molar-refractivity contribution in [2.24, 2.45) is 0 Å². The van der Waals surface area contributed by atoms with Crippen molar-refractivity contribution in [1.82, 2.24) is 5.32 Å². The Morgan fingerprint density at radius 1 is 1.35 bits per heavy atom. The molecule has 122 valence electrons. The number of ether oxygens (including phenoxy) is 1. The average molecular weight is 316 g/mol. The molecule has 0 aliphatic carbocycles. The first-order valence-electron chi connectivity index (χ1n) is 7.24. The summed E-state index contributed by atoms with van der Waals surface area (Å²) in [5.74, 6) is -0.730. The van der Waals surface area contributed by atoms with E-state index in [0.717, 1.165) is 11.3 Å². The van der Waals surface area contributed by atoms with Crippen molar-refractivity contribution in [2.75, 3.05) is 25.6 Å². The Kier molecular flexibility index (Phi) is 4.54. The van der Waals surface area contributed by atoms with Gasteiger partial charge in [-0.25, -0.2) is 4.79 Å².